The van der Waals surface area contributed by atoms with Crippen molar-refractivity contribution in [1.82, 2.24) is 0 Å². The number of hydrogen-bond acceptors (Lipinski definition) is 5. The quantitative estimate of drug-likeness (QED) is 0.447. The summed E-state index contributed by atoms with van der Waals surface area (Å²) < 4.78 is 16.9. The van der Waals surface area contributed by atoms with Gasteiger partial charge in [0.15, 0.2) is 18.1 Å². The summed E-state index contributed by atoms with van der Waals surface area (Å²) in [6, 6.07) is 14.5. The fourth-order valence-corrected chi connectivity index (χ4v) is 2.62. The van der Waals surface area contributed by atoms with Crippen molar-refractivity contribution in [1.29, 1.82) is 0 Å². The molecule has 6 nitrogen and oxygen atoms in total. The summed E-state index contributed by atoms with van der Waals surface area (Å²) in [5, 5.41) is 2.66. The van der Waals surface area contributed by atoms with Crippen molar-refractivity contribution in [3.8, 4) is 11.5 Å². The molecule has 0 saturated carbocycles. The first-order valence-electron chi connectivity index (χ1n) is 8.64. The Labute approximate surface area is 166 Å². The van der Waals surface area contributed by atoms with Crippen molar-refractivity contribution >= 4 is 33.5 Å². The van der Waals surface area contributed by atoms with Gasteiger partial charge in [0.2, 0.25) is 0 Å². The molecule has 27 heavy (non-hydrogen) atoms. The fraction of sp³-hybridized carbons (Fsp3) is 0.300. The first-order valence-corrected chi connectivity index (χ1v) is 9.43. The molecule has 0 heterocycles. The first kappa shape index (κ1) is 20.8. The number of rotatable bonds is 10. The minimum atomic E-state index is -0.443. The number of nitrogens with one attached hydrogen (secondary N) is 1. The molecule has 2 aromatic rings. The molecule has 0 radical (unpaired) electrons. The summed E-state index contributed by atoms with van der Waals surface area (Å²) in [4.78, 5) is 23.5. The van der Waals surface area contributed by atoms with E-state index in [4.69, 9.17) is 14.2 Å². The standard InChI is InChI=1S/C20H22BrNO5/c1-2-25-17-9-3-4-10-18(17)26-12-6-11-20(24)27-14-19(23)22-16-8-5-7-15(21)13-16/h3-5,7-10,13H,2,6,11-12,14H2,1H3,(H,22,23). The Bertz CT molecular complexity index is 766. The van der Waals surface area contributed by atoms with Crippen LogP contribution in [0.5, 0.6) is 11.5 Å². The van der Waals surface area contributed by atoms with Gasteiger partial charge in [0.05, 0.1) is 13.2 Å². The highest BCUT2D eigenvalue weighted by atomic mass is 79.9. The highest BCUT2D eigenvalue weighted by Gasteiger charge is 2.09. The first-order chi connectivity index (χ1) is 13.1. The molecular weight excluding hydrogens is 414 g/mol. The van der Waals surface area contributed by atoms with Crippen molar-refractivity contribution in [2.24, 2.45) is 0 Å². The van der Waals surface area contributed by atoms with Crippen molar-refractivity contribution < 1.29 is 23.8 Å². The van der Waals surface area contributed by atoms with E-state index in [0.29, 0.717) is 36.8 Å². The van der Waals surface area contributed by atoms with Crippen molar-refractivity contribution in [2.75, 3.05) is 25.1 Å². The maximum Gasteiger partial charge on any atom is 0.306 e. The Morgan fingerprint density at radius 2 is 1.78 bits per heavy atom. The molecule has 0 saturated heterocycles. The Balaban J connectivity index is 1.64. The summed E-state index contributed by atoms with van der Waals surface area (Å²) in [5.74, 6) is 0.484. The molecule has 0 aromatic heterocycles. The molecule has 0 aliphatic carbocycles. The van der Waals surface area contributed by atoms with Crippen LogP contribution in [0.25, 0.3) is 0 Å². The molecule has 1 N–H and O–H groups in total. The number of ether oxygens (including phenoxy) is 3. The third-order valence-electron chi connectivity index (χ3n) is 3.40. The molecule has 0 atom stereocenters. The molecule has 0 fully saturated rings. The molecular formula is C20H22BrNO5. The van der Waals surface area contributed by atoms with E-state index in [1.807, 2.05) is 37.3 Å². The van der Waals surface area contributed by atoms with Crippen LogP contribution in [0.1, 0.15) is 19.8 Å². The zero-order chi connectivity index (χ0) is 19.5. The lowest BCUT2D eigenvalue weighted by Gasteiger charge is -2.11. The number of carbonyl (C=O) groups excluding carboxylic acids is 2. The predicted molar refractivity (Wildman–Crippen MR) is 106 cm³/mol. The van der Waals surface area contributed by atoms with E-state index < -0.39 is 5.97 Å². The van der Waals surface area contributed by atoms with Crippen LogP contribution < -0.4 is 14.8 Å². The lowest BCUT2D eigenvalue weighted by molar-refractivity contribution is -0.147. The molecule has 0 aliphatic rings. The van der Waals surface area contributed by atoms with E-state index >= 15 is 0 Å². The molecule has 0 bridgehead atoms. The molecule has 1 amide bonds. The van der Waals surface area contributed by atoms with Gasteiger partial charge in [-0.05, 0) is 43.7 Å². The van der Waals surface area contributed by atoms with Gasteiger partial charge in [-0.15, -0.1) is 0 Å². The smallest absolute Gasteiger partial charge is 0.306 e. The van der Waals surface area contributed by atoms with Gasteiger partial charge in [0, 0.05) is 16.6 Å². The number of anilines is 1. The Morgan fingerprint density at radius 3 is 2.48 bits per heavy atom. The normalized spacial score (nSPS) is 10.1. The minimum absolute atomic E-state index is 0.168. The highest BCUT2D eigenvalue weighted by Crippen LogP contribution is 2.26. The second kappa shape index (κ2) is 11.2. The van der Waals surface area contributed by atoms with E-state index in [2.05, 4.69) is 21.2 Å². The number of amides is 1. The van der Waals surface area contributed by atoms with Crippen LogP contribution in [0.2, 0.25) is 0 Å². The number of benzene rings is 2. The van der Waals surface area contributed by atoms with Crippen LogP contribution in [0, 0.1) is 0 Å². The maximum absolute atomic E-state index is 11.8. The second-order valence-electron chi connectivity index (χ2n) is 5.55. The van der Waals surface area contributed by atoms with Gasteiger partial charge < -0.3 is 19.5 Å². The third kappa shape index (κ3) is 7.70. The number of hydrogen-bond donors (Lipinski definition) is 1. The molecule has 2 aromatic carbocycles. The zero-order valence-corrected chi connectivity index (χ0v) is 16.7. The number of esters is 1. The van der Waals surface area contributed by atoms with Crippen LogP contribution in [0.4, 0.5) is 5.69 Å². The largest absolute Gasteiger partial charge is 0.490 e. The van der Waals surface area contributed by atoms with Crippen LogP contribution in [-0.4, -0.2) is 31.7 Å². The van der Waals surface area contributed by atoms with Crippen LogP contribution in [0.15, 0.2) is 53.0 Å². The Morgan fingerprint density at radius 1 is 1.04 bits per heavy atom. The minimum Gasteiger partial charge on any atom is -0.490 e. The molecule has 7 heteroatoms. The van der Waals surface area contributed by atoms with E-state index in [-0.39, 0.29) is 18.9 Å². The Hall–Kier alpha value is -2.54. The SMILES string of the molecule is CCOc1ccccc1OCCCC(=O)OCC(=O)Nc1cccc(Br)c1. The topological polar surface area (TPSA) is 73.9 Å². The summed E-state index contributed by atoms with van der Waals surface area (Å²) in [5.41, 5.74) is 0.631. The average molecular weight is 436 g/mol. The Kier molecular flexibility index (Phi) is 8.64. The zero-order valence-electron chi connectivity index (χ0n) is 15.1. The molecule has 0 spiro atoms. The van der Waals surface area contributed by atoms with Gasteiger partial charge in [-0.1, -0.05) is 34.1 Å². The monoisotopic (exact) mass is 435 g/mol. The summed E-state index contributed by atoms with van der Waals surface area (Å²) in [6.07, 6.45) is 0.646. The van der Waals surface area contributed by atoms with Crippen LogP contribution in [0.3, 0.4) is 0 Å². The van der Waals surface area contributed by atoms with Crippen molar-refractivity contribution in [3.05, 3.63) is 53.0 Å². The summed E-state index contributed by atoms with van der Waals surface area (Å²) in [7, 11) is 0. The highest BCUT2D eigenvalue weighted by molar-refractivity contribution is 9.10. The van der Waals surface area contributed by atoms with E-state index in [1.54, 1.807) is 18.2 Å². The molecule has 144 valence electrons. The summed E-state index contributed by atoms with van der Waals surface area (Å²) >= 11 is 3.32. The van der Waals surface area contributed by atoms with Gasteiger partial charge in [0.1, 0.15) is 0 Å². The van der Waals surface area contributed by atoms with Crippen molar-refractivity contribution in [2.45, 2.75) is 19.8 Å². The van der Waals surface area contributed by atoms with Crippen molar-refractivity contribution in [3.63, 3.8) is 0 Å². The average Bonchev–Trinajstić information content (AvgIpc) is 2.65. The lowest BCUT2D eigenvalue weighted by atomic mass is 10.3. The lowest BCUT2D eigenvalue weighted by Crippen LogP contribution is -2.21. The van der Waals surface area contributed by atoms with Gasteiger partial charge in [-0.25, -0.2) is 0 Å². The third-order valence-corrected chi connectivity index (χ3v) is 3.90. The number of carbonyl (C=O) groups is 2. The van der Waals surface area contributed by atoms with E-state index in [1.165, 1.54) is 0 Å². The van der Waals surface area contributed by atoms with E-state index in [9.17, 15) is 9.59 Å². The second-order valence-corrected chi connectivity index (χ2v) is 6.47. The molecule has 0 unspecified atom stereocenters. The number of para-hydroxylation sites is 2. The molecule has 2 rings (SSSR count). The van der Waals surface area contributed by atoms with Gasteiger partial charge in [-0.2, -0.15) is 0 Å². The maximum atomic E-state index is 11.8. The fourth-order valence-electron chi connectivity index (χ4n) is 2.22. The predicted octanol–water partition coefficient (Wildman–Crippen LogP) is 4.19. The van der Waals surface area contributed by atoms with Gasteiger partial charge >= 0.3 is 5.97 Å². The summed E-state index contributed by atoms with van der Waals surface area (Å²) in [6.45, 7) is 2.48. The van der Waals surface area contributed by atoms with E-state index in [0.717, 1.165) is 4.47 Å². The number of halogens is 1. The van der Waals surface area contributed by atoms with Gasteiger partial charge in [-0.3, -0.25) is 9.59 Å². The van der Waals surface area contributed by atoms with Crippen LogP contribution in [-0.2, 0) is 14.3 Å². The van der Waals surface area contributed by atoms with Crippen LogP contribution >= 0.6 is 15.9 Å². The molecule has 0 aliphatic heterocycles. The van der Waals surface area contributed by atoms with Gasteiger partial charge in [0.25, 0.3) is 5.91 Å².